The summed E-state index contributed by atoms with van der Waals surface area (Å²) >= 11 is 1.68. The number of aromatic nitrogens is 2. The molecule has 30 heavy (non-hydrogen) atoms. The number of benzene rings is 3. The van der Waals surface area contributed by atoms with E-state index in [1.807, 2.05) is 53.4 Å². The highest BCUT2D eigenvalue weighted by molar-refractivity contribution is 7.98. The van der Waals surface area contributed by atoms with Crippen molar-refractivity contribution in [3.8, 4) is 0 Å². The van der Waals surface area contributed by atoms with Gasteiger partial charge in [-0.2, -0.15) is 0 Å². The van der Waals surface area contributed by atoms with Crippen LogP contribution in [0.3, 0.4) is 0 Å². The highest BCUT2D eigenvalue weighted by Crippen LogP contribution is 2.33. The smallest absolute Gasteiger partial charge is 0.247 e. The van der Waals surface area contributed by atoms with Crippen LogP contribution in [0.2, 0.25) is 0 Å². The lowest BCUT2D eigenvalue weighted by Crippen LogP contribution is -2.38. The minimum atomic E-state index is 0.108. The Morgan fingerprint density at radius 2 is 1.73 bits per heavy atom. The van der Waals surface area contributed by atoms with Crippen molar-refractivity contribution in [1.29, 1.82) is 0 Å². The zero-order chi connectivity index (χ0) is 20.5. The van der Waals surface area contributed by atoms with Crippen LogP contribution in [0.4, 0.5) is 5.69 Å². The number of imidazole rings is 1. The van der Waals surface area contributed by atoms with Crippen molar-refractivity contribution in [2.24, 2.45) is 0 Å². The van der Waals surface area contributed by atoms with Crippen LogP contribution in [0.25, 0.3) is 11.0 Å². The minimum Gasteiger partial charge on any atom is -0.309 e. The molecule has 0 fully saturated rings. The van der Waals surface area contributed by atoms with Gasteiger partial charge in [-0.3, -0.25) is 4.79 Å². The van der Waals surface area contributed by atoms with Crippen LogP contribution in [-0.2, 0) is 23.5 Å². The van der Waals surface area contributed by atoms with Gasteiger partial charge in [-0.05, 0) is 42.7 Å². The third-order valence-corrected chi connectivity index (χ3v) is 6.65. The van der Waals surface area contributed by atoms with E-state index < -0.39 is 0 Å². The maximum Gasteiger partial charge on any atom is 0.247 e. The number of thioether (sulfide) groups is 1. The highest BCUT2D eigenvalue weighted by Gasteiger charge is 2.31. The standard InChI is InChI=1S/C25H23N3OS/c1-18-15-20-11-5-7-13-22(20)28(18)24(29)16-27-23-14-8-6-12-21(23)26-25(27)30-17-19-9-3-2-4-10-19/h2-14,18H,15-17H2,1H3. The summed E-state index contributed by atoms with van der Waals surface area (Å²) in [7, 11) is 0. The van der Waals surface area contributed by atoms with Crippen molar-refractivity contribution in [1.82, 2.24) is 9.55 Å². The first-order valence-electron chi connectivity index (χ1n) is 10.2. The fourth-order valence-electron chi connectivity index (χ4n) is 4.20. The molecule has 0 bridgehead atoms. The maximum absolute atomic E-state index is 13.4. The second-order valence-electron chi connectivity index (χ2n) is 7.69. The number of amides is 1. The molecule has 1 aliphatic rings. The molecule has 1 amide bonds. The van der Waals surface area contributed by atoms with E-state index in [1.165, 1.54) is 11.1 Å². The first-order chi connectivity index (χ1) is 14.7. The third kappa shape index (κ3) is 3.50. The van der Waals surface area contributed by atoms with E-state index in [2.05, 4.69) is 41.8 Å². The number of carbonyl (C=O) groups is 1. The molecule has 5 rings (SSSR count). The molecule has 3 aromatic carbocycles. The molecular weight excluding hydrogens is 390 g/mol. The highest BCUT2D eigenvalue weighted by atomic mass is 32.2. The summed E-state index contributed by atoms with van der Waals surface area (Å²) in [4.78, 5) is 20.2. The van der Waals surface area contributed by atoms with E-state index in [4.69, 9.17) is 4.98 Å². The quantitative estimate of drug-likeness (QED) is 0.416. The molecule has 150 valence electrons. The predicted molar refractivity (Wildman–Crippen MR) is 123 cm³/mol. The van der Waals surface area contributed by atoms with E-state index in [1.54, 1.807) is 11.8 Å². The van der Waals surface area contributed by atoms with Crippen LogP contribution in [0, 0.1) is 0 Å². The van der Waals surface area contributed by atoms with Crippen molar-refractivity contribution in [2.75, 3.05) is 4.90 Å². The molecule has 0 saturated heterocycles. The first kappa shape index (κ1) is 18.9. The largest absolute Gasteiger partial charge is 0.309 e. The molecular formula is C25H23N3OS. The summed E-state index contributed by atoms with van der Waals surface area (Å²) in [6.07, 6.45) is 0.905. The zero-order valence-corrected chi connectivity index (χ0v) is 17.7. The van der Waals surface area contributed by atoms with Crippen LogP contribution >= 0.6 is 11.8 Å². The Balaban J connectivity index is 1.45. The van der Waals surface area contributed by atoms with Gasteiger partial charge in [0.15, 0.2) is 5.16 Å². The Hall–Kier alpha value is -3.05. The molecule has 0 radical (unpaired) electrons. The van der Waals surface area contributed by atoms with Gasteiger partial charge in [-0.25, -0.2) is 4.98 Å². The molecule has 0 saturated carbocycles. The van der Waals surface area contributed by atoms with Gasteiger partial charge in [0.2, 0.25) is 5.91 Å². The van der Waals surface area contributed by atoms with Gasteiger partial charge in [-0.15, -0.1) is 0 Å². The number of fused-ring (bicyclic) bond motifs is 2. The van der Waals surface area contributed by atoms with E-state index in [0.29, 0.717) is 0 Å². The molecule has 0 aliphatic carbocycles. The minimum absolute atomic E-state index is 0.108. The second-order valence-corrected chi connectivity index (χ2v) is 8.63. The molecule has 1 atom stereocenters. The summed E-state index contributed by atoms with van der Waals surface area (Å²) in [5, 5.41) is 0.883. The number of para-hydroxylation sites is 3. The number of anilines is 1. The first-order valence-corrected chi connectivity index (χ1v) is 11.2. The summed E-state index contributed by atoms with van der Waals surface area (Å²) < 4.78 is 2.07. The molecule has 1 unspecified atom stereocenters. The molecule has 5 heteroatoms. The van der Waals surface area contributed by atoms with E-state index >= 15 is 0 Å². The molecule has 1 aromatic heterocycles. The third-order valence-electron chi connectivity index (χ3n) is 5.60. The fourth-order valence-corrected chi connectivity index (χ4v) is 5.17. The van der Waals surface area contributed by atoms with Gasteiger partial charge in [0.05, 0.1) is 11.0 Å². The van der Waals surface area contributed by atoms with Gasteiger partial charge >= 0.3 is 0 Å². The number of hydrogen-bond acceptors (Lipinski definition) is 3. The van der Waals surface area contributed by atoms with Crippen LogP contribution < -0.4 is 4.90 Å². The van der Waals surface area contributed by atoms with Crippen molar-refractivity contribution < 1.29 is 4.79 Å². The lowest BCUT2D eigenvalue weighted by atomic mass is 10.1. The lowest BCUT2D eigenvalue weighted by Gasteiger charge is -2.23. The SMILES string of the molecule is CC1Cc2ccccc2N1C(=O)Cn1c(SCc2ccccc2)nc2ccccc21. The van der Waals surface area contributed by atoms with E-state index in [-0.39, 0.29) is 18.5 Å². The Morgan fingerprint density at radius 1 is 1.00 bits per heavy atom. The molecule has 0 N–H and O–H groups in total. The zero-order valence-electron chi connectivity index (χ0n) is 16.9. The summed E-state index contributed by atoms with van der Waals surface area (Å²) in [5.41, 5.74) is 5.46. The Morgan fingerprint density at radius 3 is 2.60 bits per heavy atom. The molecule has 4 nitrogen and oxygen atoms in total. The average molecular weight is 414 g/mol. The maximum atomic E-state index is 13.4. The van der Waals surface area contributed by atoms with Gasteiger partial charge in [0.25, 0.3) is 0 Å². The Kier molecular flexibility index (Phi) is 5.05. The molecule has 0 spiro atoms. The van der Waals surface area contributed by atoms with Gasteiger partial charge < -0.3 is 9.47 Å². The van der Waals surface area contributed by atoms with Crippen molar-refractivity contribution in [3.63, 3.8) is 0 Å². The topological polar surface area (TPSA) is 38.1 Å². The monoisotopic (exact) mass is 413 g/mol. The average Bonchev–Trinajstić information content (AvgIpc) is 3.29. The number of hydrogen-bond donors (Lipinski definition) is 0. The van der Waals surface area contributed by atoms with Crippen LogP contribution in [0.1, 0.15) is 18.1 Å². The van der Waals surface area contributed by atoms with E-state index in [0.717, 1.165) is 34.1 Å². The van der Waals surface area contributed by atoms with Crippen LogP contribution in [0.15, 0.2) is 84.0 Å². The molecule has 4 aromatic rings. The van der Waals surface area contributed by atoms with Gasteiger partial charge in [-0.1, -0.05) is 72.4 Å². The fraction of sp³-hybridized carbons (Fsp3) is 0.200. The molecule has 2 heterocycles. The summed E-state index contributed by atoms with van der Waals surface area (Å²) in [6, 6.07) is 26.8. The van der Waals surface area contributed by atoms with Crippen LogP contribution in [0.5, 0.6) is 0 Å². The second kappa shape index (κ2) is 8.00. The van der Waals surface area contributed by atoms with Gasteiger partial charge in [0, 0.05) is 17.5 Å². The Bertz CT molecular complexity index is 1200. The summed E-state index contributed by atoms with van der Waals surface area (Å²) in [6.45, 7) is 2.41. The van der Waals surface area contributed by atoms with E-state index in [9.17, 15) is 4.79 Å². The van der Waals surface area contributed by atoms with Crippen molar-refractivity contribution in [3.05, 3.63) is 90.0 Å². The molecule has 1 aliphatic heterocycles. The normalized spacial score (nSPS) is 15.5. The lowest BCUT2D eigenvalue weighted by molar-refractivity contribution is -0.119. The summed E-state index contributed by atoms with van der Waals surface area (Å²) in [5.74, 6) is 0.929. The Labute approximate surface area is 180 Å². The number of rotatable bonds is 5. The number of nitrogens with zero attached hydrogens (tertiary/aromatic N) is 3. The number of carbonyl (C=O) groups excluding carboxylic acids is 1. The van der Waals surface area contributed by atoms with Gasteiger partial charge in [0.1, 0.15) is 6.54 Å². The van der Waals surface area contributed by atoms with Crippen LogP contribution in [-0.4, -0.2) is 21.5 Å². The van der Waals surface area contributed by atoms with Crippen molar-refractivity contribution >= 4 is 34.4 Å². The predicted octanol–water partition coefficient (Wildman–Crippen LogP) is 5.31. The van der Waals surface area contributed by atoms with Crippen molar-refractivity contribution in [2.45, 2.75) is 36.8 Å².